The van der Waals surface area contributed by atoms with Gasteiger partial charge >= 0.3 is 0 Å². The summed E-state index contributed by atoms with van der Waals surface area (Å²) in [5.41, 5.74) is 8.78. The summed E-state index contributed by atoms with van der Waals surface area (Å²) in [6.07, 6.45) is 2.60. The minimum absolute atomic E-state index is 0.0487. The van der Waals surface area contributed by atoms with E-state index >= 15 is 0 Å². The molecule has 42 heavy (non-hydrogen) atoms. The van der Waals surface area contributed by atoms with Crippen LogP contribution in [0.3, 0.4) is 0 Å². The fourth-order valence-electron chi connectivity index (χ4n) is 6.01. The van der Waals surface area contributed by atoms with Crippen LogP contribution in [0.15, 0.2) is 78.9 Å². The molecule has 1 amide bonds. The molecule has 1 saturated heterocycles. The molecule has 0 unspecified atom stereocenters. The second-order valence-corrected chi connectivity index (χ2v) is 11.1. The number of carbonyl (C=O) groups is 1. The van der Waals surface area contributed by atoms with Gasteiger partial charge in [0.15, 0.2) is 0 Å². The minimum Gasteiger partial charge on any atom is -0.353 e. The van der Waals surface area contributed by atoms with Gasteiger partial charge in [0.1, 0.15) is 17.0 Å². The van der Waals surface area contributed by atoms with Crippen LogP contribution in [0.1, 0.15) is 24.8 Å². The van der Waals surface area contributed by atoms with E-state index in [9.17, 15) is 9.18 Å². The maximum Gasteiger partial charge on any atom is 0.224 e. The van der Waals surface area contributed by atoms with E-state index in [1.807, 2.05) is 61.5 Å². The van der Waals surface area contributed by atoms with E-state index < -0.39 is 0 Å². The lowest BCUT2D eigenvalue weighted by Gasteiger charge is -2.22. The molecule has 0 spiro atoms. The minimum atomic E-state index is -0.260. The third kappa shape index (κ3) is 5.05. The Labute approximate surface area is 242 Å². The molecule has 1 fully saturated rings. The molecule has 7 rings (SSSR count). The standard InChI is InChI=1S/C34H31FN6O/c1-20-15-22(18-23(16-20)37-32(42)17-21-11-13-36-14-12-21)28-9-10-30-33(39-28)34(41-40-30)31-19-26-24(6-4-8-29(26)38-31)25-5-2-3-7-27(25)35/h2-10,15-16,18-19,21,36,38H,11-14,17H2,1H3,(H,37,42)(H,40,41). The van der Waals surface area contributed by atoms with Crippen LogP contribution >= 0.6 is 0 Å². The van der Waals surface area contributed by atoms with Crippen LogP contribution < -0.4 is 10.6 Å². The average molecular weight is 559 g/mol. The number of halogens is 1. The van der Waals surface area contributed by atoms with Crippen LogP contribution in [0.5, 0.6) is 0 Å². The number of aromatic nitrogens is 4. The first-order valence-corrected chi connectivity index (χ1v) is 14.4. The number of benzene rings is 3. The van der Waals surface area contributed by atoms with Gasteiger partial charge in [0.05, 0.1) is 16.9 Å². The third-order valence-electron chi connectivity index (χ3n) is 8.08. The van der Waals surface area contributed by atoms with Gasteiger partial charge in [-0.3, -0.25) is 9.89 Å². The molecule has 3 aromatic heterocycles. The summed E-state index contributed by atoms with van der Waals surface area (Å²) in [5, 5.41) is 15.1. The van der Waals surface area contributed by atoms with Crippen LogP contribution in [0.4, 0.5) is 10.1 Å². The first kappa shape index (κ1) is 26.1. The van der Waals surface area contributed by atoms with Crippen LogP contribution in [0.25, 0.3) is 55.7 Å². The van der Waals surface area contributed by atoms with Crippen LogP contribution in [0.2, 0.25) is 0 Å². The summed E-state index contributed by atoms with van der Waals surface area (Å²) >= 11 is 0. The number of H-pyrrole nitrogens is 2. The van der Waals surface area contributed by atoms with Gasteiger partial charge in [0.2, 0.25) is 5.91 Å². The molecule has 1 aliphatic heterocycles. The number of aryl methyl sites for hydroxylation is 1. The smallest absolute Gasteiger partial charge is 0.224 e. The summed E-state index contributed by atoms with van der Waals surface area (Å²) in [6.45, 7) is 3.97. The van der Waals surface area contributed by atoms with E-state index in [0.29, 0.717) is 23.6 Å². The first-order valence-electron chi connectivity index (χ1n) is 14.4. The number of fused-ring (bicyclic) bond motifs is 2. The summed E-state index contributed by atoms with van der Waals surface area (Å²) in [7, 11) is 0. The number of aromatic amines is 2. The van der Waals surface area contributed by atoms with Crippen molar-refractivity contribution >= 4 is 33.5 Å². The normalized spacial score (nSPS) is 14.0. The molecule has 1 aliphatic rings. The van der Waals surface area contributed by atoms with E-state index in [4.69, 9.17) is 4.98 Å². The Bertz CT molecular complexity index is 1930. The summed E-state index contributed by atoms with van der Waals surface area (Å²) in [6, 6.07) is 24.6. The Morgan fingerprint density at radius 1 is 0.952 bits per heavy atom. The van der Waals surface area contributed by atoms with E-state index in [1.54, 1.807) is 12.1 Å². The molecule has 0 atom stereocenters. The SMILES string of the molecule is Cc1cc(NC(=O)CC2CCNCC2)cc(-c2ccc3[nH]nc(-c4cc5c(-c6ccccc6F)cccc5[nH]4)c3n2)c1. The highest BCUT2D eigenvalue weighted by molar-refractivity contribution is 6.00. The number of hydrogen-bond donors (Lipinski definition) is 4. The van der Waals surface area contributed by atoms with Crippen molar-refractivity contribution in [1.29, 1.82) is 0 Å². The molecule has 0 radical (unpaired) electrons. The number of pyridine rings is 1. The first-order chi connectivity index (χ1) is 20.5. The number of anilines is 1. The molecule has 4 heterocycles. The molecular formula is C34H31FN6O. The second-order valence-electron chi connectivity index (χ2n) is 11.1. The molecule has 4 N–H and O–H groups in total. The third-order valence-corrected chi connectivity index (χ3v) is 8.08. The quantitative estimate of drug-likeness (QED) is 0.174. The number of piperidine rings is 1. The van der Waals surface area contributed by atoms with Crippen molar-refractivity contribution in [2.24, 2.45) is 5.92 Å². The molecule has 0 saturated carbocycles. The Balaban J connectivity index is 1.22. The molecule has 210 valence electrons. The van der Waals surface area contributed by atoms with Gasteiger partial charge < -0.3 is 15.6 Å². The van der Waals surface area contributed by atoms with Crippen molar-refractivity contribution in [3.8, 4) is 33.8 Å². The highest BCUT2D eigenvalue weighted by atomic mass is 19.1. The van der Waals surface area contributed by atoms with E-state index in [-0.39, 0.29) is 11.7 Å². The molecule has 3 aromatic carbocycles. The Morgan fingerprint density at radius 2 is 1.79 bits per heavy atom. The van der Waals surface area contributed by atoms with Gasteiger partial charge in [-0.25, -0.2) is 9.37 Å². The van der Waals surface area contributed by atoms with Crippen LogP contribution in [0, 0.1) is 18.7 Å². The van der Waals surface area contributed by atoms with E-state index in [0.717, 1.165) is 81.6 Å². The zero-order valence-corrected chi connectivity index (χ0v) is 23.3. The van der Waals surface area contributed by atoms with Crippen LogP contribution in [-0.4, -0.2) is 39.2 Å². The summed E-state index contributed by atoms with van der Waals surface area (Å²) in [4.78, 5) is 21.3. The maximum atomic E-state index is 14.7. The fraction of sp³-hybridized carbons (Fsp3) is 0.206. The van der Waals surface area contributed by atoms with Crippen molar-refractivity contribution in [1.82, 2.24) is 25.5 Å². The zero-order valence-electron chi connectivity index (χ0n) is 23.3. The van der Waals surface area contributed by atoms with Crippen molar-refractivity contribution in [2.75, 3.05) is 18.4 Å². The number of hydrogen-bond acceptors (Lipinski definition) is 4. The lowest BCUT2D eigenvalue weighted by molar-refractivity contribution is -0.117. The Kier molecular flexibility index (Phi) is 6.76. The van der Waals surface area contributed by atoms with Crippen molar-refractivity contribution in [2.45, 2.75) is 26.2 Å². The molecule has 8 heteroatoms. The lowest BCUT2D eigenvalue weighted by Crippen LogP contribution is -2.30. The van der Waals surface area contributed by atoms with Crippen molar-refractivity contribution in [3.05, 3.63) is 90.2 Å². The zero-order chi connectivity index (χ0) is 28.6. The maximum absolute atomic E-state index is 14.7. The van der Waals surface area contributed by atoms with Crippen LogP contribution in [-0.2, 0) is 4.79 Å². The number of carbonyl (C=O) groups excluding carboxylic acids is 1. The fourth-order valence-corrected chi connectivity index (χ4v) is 6.01. The monoisotopic (exact) mass is 558 g/mol. The van der Waals surface area contributed by atoms with Gasteiger partial charge in [-0.05, 0) is 98.4 Å². The highest BCUT2D eigenvalue weighted by Crippen LogP contribution is 2.35. The molecule has 7 nitrogen and oxygen atoms in total. The second kappa shape index (κ2) is 10.9. The molecular weight excluding hydrogens is 527 g/mol. The van der Waals surface area contributed by atoms with Crippen molar-refractivity contribution < 1.29 is 9.18 Å². The summed E-state index contributed by atoms with van der Waals surface area (Å²) < 4.78 is 14.7. The van der Waals surface area contributed by atoms with Gasteiger partial charge in [0, 0.05) is 34.1 Å². The largest absolute Gasteiger partial charge is 0.353 e. The van der Waals surface area contributed by atoms with E-state index in [1.165, 1.54) is 6.07 Å². The Hall–Kier alpha value is -4.82. The number of nitrogens with one attached hydrogen (secondary N) is 4. The lowest BCUT2D eigenvalue weighted by atomic mass is 9.94. The predicted octanol–water partition coefficient (Wildman–Crippen LogP) is 7.22. The average Bonchev–Trinajstić information content (AvgIpc) is 3.61. The summed E-state index contributed by atoms with van der Waals surface area (Å²) in [5.74, 6) is 0.211. The van der Waals surface area contributed by atoms with Gasteiger partial charge in [-0.1, -0.05) is 30.3 Å². The van der Waals surface area contributed by atoms with Gasteiger partial charge in [-0.2, -0.15) is 5.10 Å². The van der Waals surface area contributed by atoms with Gasteiger partial charge in [-0.15, -0.1) is 0 Å². The van der Waals surface area contributed by atoms with Gasteiger partial charge in [0.25, 0.3) is 0 Å². The van der Waals surface area contributed by atoms with E-state index in [2.05, 4.69) is 31.9 Å². The molecule has 0 aliphatic carbocycles. The van der Waals surface area contributed by atoms with Crippen molar-refractivity contribution in [3.63, 3.8) is 0 Å². The highest BCUT2D eigenvalue weighted by Gasteiger charge is 2.19. The number of nitrogens with zero attached hydrogens (tertiary/aromatic N) is 2. The topological polar surface area (TPSA) is 98.5 Å². The number of rotatable bonds is 6. The molecule has 0 bridgehead atoms. The number of amides is 1. The predicted molar refractivity (Wildman–Crippen MR) is 166 cm³/mol. The molecule has 6 aromatic rings. The Morgan fingerprint density at radius 3 is 2.64 bits per heavy atom.